The molecule has 0 bridgehead atoms. The number of para-hydroxylation sites is 1. The molecule has 0 spiro atoms. The molecule has 4 aromatic rings. The minimum atomic E-state index is -0.747. The molecule has 8 heteroatoms. The van der Waals surface area contributed by atoms with Gasteiger partial charge in [0.25, 0.3) is 11.5 Å². The van der Waals surface area contributed by atoms with E-state index in [2.05, 4.69) is 4.98 Å². The van der Waals surface area contributed by atoms with Crippen molar-refractivity contribution in [2.75, 3.05) is 17.7 Å². The third-order valence-electron chi connectivity index (χ3n) is 4.67. The van der Waals surface area contributed by atoms with E-state index in [-0.39, 0.29) is 23.8 Å². The largest absolute Gasteiger partial charge is 0.451 e. The van der Waals surface area contributed by atoms with Crippen molar-refractivity contribution in [1.29, 1.82) is 0 Å². The van der Waals surface area contributed by atoms with Crippen LogP contribution in [0.15, 0.2) is 74.7 Å². The zero-order chi connectivity index (χ0) is 20.5. The number of nitrogens with two attached hydrogens (primary N) is 1. The summed E-state index contributed by atoms with van der Waals surface area (Å²) in [6, 6.07) is 18.0. The van der Waals surface area contributed by atoms with E-state index in [0.717, 1.165) is 15.8 Å². The first kappa shape index (κ1) is 18.3. The number of rotatable bonds is 4. The maximum atomic E-state index is 12.9. The second kappa shape index (κ2) is 7.16. The first-order chi connectivity index (χ1) is 14.0. The van der Waals surface area contributed by atoms with Crippen LogP contribution in [-0.2, 0) is 6.54 Å². The molecule has 0 atom stereocenters. The number of amides is 1. The van der Waals surface area contributed by atoms with Gasteiger partial charge in [-0.1, -0.05) is 48.5 Å². The first-order valence-corrected chi connectivity index (χ1v) is 8.89. The van der Waals surface area contributed by atoms with Gasteiger partial charge in [0.1, 0.15) is 11.4 Å². The van der Waals surface area contributed by atoms with Gasteiger partial charge < -0.3 is 15.1 Å². The molecule has 0 aliphatic carbocycles. The Labute approximate surface area is 164 Å². The number of furan rings is 1. The molecule has 2 aromatic carbocycles. The molecule has 0 radical (unpaired) electrons. The average molecular weight is 390 g/mol. The molecule has 0 fully saturated rings. The van der Waals surface area contributed by atoms with Crippen LogP contribution in [0.3, 0.4) is 0 Å². The number of nitrogens with zero attached hydrogens (tertiary/aromatic N) is 2. The quantitative estimate of drug-likeness (QED) is 0.554. The number of anilines is 2. The monoisotopic (exact) mass is 390 g/mol. The highest BCUT2D eigenvalue weighted by Crippen LogP contribution is 2.23. The third-order valence-corrected chi connectivity index (χ3v) is 4.67. The summed E-state index contributed by atoms with van der Waals surface area (Å²) in [6.45, 7) is 0.155. The molecule has 4 rings (SSSR count). The fourth-order valence-electron chi connectivity index (χ4n) is 3.18. The lowest BCUT2D eigenvalue weighted by molar-refractivity contribution is 0.0968. The molecule has 0 aliphatic heterocycles. The fraction of sp³-hybridized carbons (Fsp3) is 0.0952. The lowest BCUT2D eigenvalue weighted by Gasteiger charge is -2.19. The zero-order valence-corrected chi connectivity index (χ0v) is 15.6. The topological polar surface area (TPSA) is 114 Å². The number of nitrogen functional groups attached to an aromatic ring is 1. The van der Waals surface area contributed by atoms with Crippen LogP contribution in [-0.4, -0.2) is 22.5 Å². The van der Waals surface area contributed by atoms with Gasteiger partial charge in [-0.2, -0.15) is 0 Å². The number of fused-ring (bicyclic) bond motifs is 1. The van der Waals surface area contributed by atoms with Gasteiger partial charge in [0.15, 0.2) is 11.4 Å². The summed E-state index contributed by atoms with van der Waals surface area (Å²) < 4.78 is 6.81. The fourth-order valence-corrected chi connectivity index (χ4v) is 3.18. The number of hydrogen-bond donors (Lipinski definition) is 2. The van der Waals surface area contributed by atoms with E-state index >= 15 is 0 Å². The van der Waals surface area contributed by atoms with Gasteiger partial charge in [-0.25, -0.2) is 4.79 Å². The molecule has 8 nitrogen and oxygen atoms in total. The van der Waals surface area contributed by atoms with Gasteiger partial charge in [-0.15, -0.1) is 0 Å². The minimum Gasteiger partial charge on any atom is -0.451 e. The van der Waals surface area contributed by atoms with Crippen molar-refractivity contribution in [2.45, 2.75) is 6.54 Å². The van der Waals surface area contributed by atoms with Crippen LogP contribution >= 0.6 is 0 Å². The Bertz CT molecular complexity index is 1290. The highest BCUT2D eigenvalue weighted by atomic mass is 16.3. The average Bonchev–Trinajstić information content (AvgIpc) is 3.15. The van der Waals surface area contributed by atoms with Crippen molar-refractivity contribution in [3.05, 3.63) is 92.8 Å². The van der Waals surface area contributed by atoms with Crippen molar-refractivity contribution in [1.82, 2.24) is 9.55 Å². The van der Waals surface area contributed by atoms with Gasteiger partial charge in [-0.3, -0.25) is 19.1 Å². The Balaban J connectivity index is 1.75. The van der Waals surface area contributed by atoms with Crippen LogP contribution < -0.4 is 21.9 Å². The lowest BCUT2D eigenvalue weighted by atomic mass is 10.2. The molecule has 146 valence electrons. The van der Waals surface area contributed by atoms with Crippen LogP contribution in [0.2, 0.25) is 0 Å². The Morgan fingerprint density at radius 3 is 2.52 bits per heavy atom. The van der Waals surface area contributed by atoms with Crippen molar-refractivity contribution in [3.63, 3.8) is 0 Å². The Hall–Kier alpha value is -4.07. The van der Waals surface area contributed by atoms with E-state index in [0.29, 0.717) is 5.58 Å². The van der Waals surface area contributed by atoms with Gasteiger partial charge in [0.2, 0.25) is 0 Å². The van der Waals surface area contributed by atoms with Gasteiger partial charge in [-0.05, 0) is 17.7 Å². The third kappa shape index (κ3) is 3.31. The number of carbonyl (C=O) groups is 1. The van der Waals surface area contributed by atoms with E-state index in [1.807, 2.05) is 42.5 Å². The number of carbonyl (C=O) groups excluding carboxylic acids is 1. The molecular weight excluding hydrogens is 372 g/mol. The van der Waals surface area contributed by atoms with Crippen molar-refractivity contribution >= 4 is 28.4 Å². The number of hydrogen-bond acceptors (Lipinski definition) is 5. The van der Waals surface area contributed by atoms with Crippen LogP contribution in [0.1, 0.15) is 16.1 Å². The van der Waals surface area contributed by atoms with Crippen LogP contribution in [0.4, 0.5) is 11.5 Å². The molecule has 0 aliphatic rings. The van der Waals surface area contributed by atoms with Crippen molar-refractivity contribution < 1.29 is 9.21 Å². The maximum absolute atomic E-state index is 12.9. The van der Waals surface area contributed by atoms with Crippen molar-refractivity contribution in [3.8, 4) is 0 Å². The summed E-state index contributed by atoms with van der Waals surface area (Å²) in [5.41, 5.74) is 6.01. The van der Waals surface area contributed by atoms with E-state index < -0.39 is 17.2 Å². The molecule has 0 saturated carbocycles. The smallest absolute Gasteiger partial charge is 0.330 e. The van der Waals surface area contributed by atoms with E-state index in [1.54, 1.807) is 18.2 Å². The van der Waals surface area contributed by atoms with Crippen LogP contribution in [0, 0.1) is 0 Å². The molecular formula is C21H18N4O4. The van der Waals surface area contributed by atoms with E-state index in [4.69, 9.17) is 10.2 Å². The standard InChI is InChI=1S/C21H18N4O4/c1-24(20(27)16-11-14-9-5-6-10-15(14)29-16)17-18(22)25(21(28)23-19(17)26)12-13-7-3-2-4-8-13/h2-11H,12,22H2,1H3,(H,23,26,28). The predicted molar refractivity (Wildman–Crippen MR) is 110 cm³/mol. The van der Waals surface area contributed by atoms with E-state index in [9.17, 15) is 14.4 Å². The van der Waals surface area contributed by atoms with E-state index in [1.165, 1.54) is 11.6 Å². The molecule has 0 saturated heterocycles. The summed E-state index contributed by atoms with van der Waals surface area (Å²) in [5.74, 6) is -0.591. The predicted octanol–water partition coefficient (Wildman–Crippen LogP) is 2.19. The molecule has 2 heterocycles. The number of nitrogens with one attached hydrogen (secondary N) is 1. The zero-order valence-electron chi connectivity index (χ0n) is 15.6. The molecule has 2 aromatic heterocycles. The normalized spacial score (nSPS) is 10.9. The van der Waals surface area contributed by atoms with Gasteiger partial charge >= 0.3 is 5.69 Å². The Morgan fingerprint density at radius 2 is 1.79 bits per heavy atom. The summed E-state index contributed by atoms with van der Waals surface area (Å²) in [7, 11) is 1.41. The number of H-pyrrole nitrogens is 1. The first-order valence-electron chi connectivity index (χ1n) is 8.89. The maximum Gasteiger partial charge on any atom is 0.330 e. The van der Waals surface area contributed by atoms with Crippen LogP contribution in [0.5, 0.6) is 0 Å². The Kier molecular flexibility index (Phi) is 4.52. The molecule has 0 unspecified atom stereocenters. The highest BCUT2D eigenvalue weighted by molar-refractivity contribution is 6.07. The second-order valence-electron chi connectivity index (χ2n) is 6.58. The SMILES string of the molecule is CN(C(=O)c1cc2ccccc2o1)c1c(N)n(Cc2ccccc2)c(=O)[nH]c1=O. The Morgan fingerprint density at radius 1 is 1.10 bits per heavy atom. The highest BCUT2D eigenvalue weighted by Gasteiger charge is 2.24. The van der Waals surface area contributed by atoms with Gasteiger partial charge in [0, 0.05) is 12.4 Å². The molecule has 29 heavy (non-hydrogen) atoms. The number of aromatic nitrogens is 2. The molecule has 3 N–H and O–H groups in total. The summed E-state index contributed by atoms with van der Waals surface area (Å²) in [5, 5.41) is 0.764. The molecule has 1 amide bonds. The summed E-state index contributed by atoms with van der Waals surface area (Å²) in [4.78, 5) is 41.0. The van der Waals surface area contributed by atoms with Crippen molar-refractivity contribution in [2.24, 2.45) is 0 Å². The van der Waals surface area contributed by atoms with Crippen LogP contribution in [0.25, 0.3) is 11.0 Å². The second-order valence-corrected chi connectivity index (χ2v) is 6.58. The number of aromatic amines is 1. The number of benzene rings is 2. The summed E-state index contributed by atoms with van der Waals surface area (Å²) >= 11 is 0. The van der Waals surface area contributed by atoms with Gasteiger partial charge in [0.05, 0.1) is 6.54 Å². The minimum absolute atomic E-state index is 0.0632. The lowest BCUT2D eigenvalue weighted by Crippen LogP contribution is -2.39. The summed E-state index contributed by atoms with van der Waals surface area (Å²) in [6.07, 6.45) is 0.